The van der Waals surface area contributed by atoms with Crippen molar-refractivity contribution in [1.29, 1.82) is 0 Å². The molecule has 0 aromatic heterocycles. The Balaban J connectivity index is 1.66. The summed E-state index contributed by atoms with van der Waals surface area (Å²) < 4.78 is 27.8. The van der Waals surface area contributed by atoms with Gasteiger partial charge in [-0.2, -0.15) is 0 Å². The minimum absolute atomic E-state index is 0.170. The molecule has 1 amide bonds. The highest BCUT2D eigenvalue weighted by atomic mass is 32.2. The lowest BCUT2D eigenvalue weighted by atomic mass is 10.1. The molecule has 0 aliphatic rings. The molecule has 0 spiro atoms. The summed E-state index contributed by atoms with van der Waals surface area (Å²) in [6.07, 6.45) is 0. The van der Waals surface area contributed by atoms with Crippen molar-refractivity contribution >= 4 is 27.3 Å². The average molecular weight is 424 g/mol. The van der Waals surface area contributed by atoms with Crippen molar-refractivity contribution in [3.63, 3.8) is 0 Å². The van der Waals surface area contributed by atoms with E-state index in [4.69, 9.17) is 0 Å². The van der Waals surface area contributed by atoms with Crippen molar-refractivity contribution in [1.82, 2.24) is 5.32 Å². The zero-order chi connectivity index (χ0) is 21.6. The number of hydrogen-bond acceptors (Lipinski definition) is 4. The SMILES string of the molecule is Cc1c(NS(=O)(=O)c2ccccc2)cccc1C(=O)NCCN(C)c1ccccc1. The third-order valence-corrected chi connectivity index (χ3v) is 6.19. The predicted octanol–water partition coefficient (Wildman–Crippen LogP) is 3.66. The third kappa shape index (κ3) is 5.18. The quantitative estimate of drug-likeness (QED) is 0.580. The van der Waals surface area contributed by atoms with Gasteiger partial charge in [0.25, 0.3) is 15.9 Å². The van der Waals surface area contributed by atoms with Crippen LogP contribution in [-0.2, 0) is 10.0 Å². The van der Waals surface area contributed by atoms with Gasteiger partial charge in [-0.05, 0) is 48.9 Å². The Kier molecular flexibility index (Phi) is 6.74. The van der Waals surface area contributed by atoms with Gasteiger partial charge in [-0.25, -0.2) is 8.42 Å². The standard InChI is InChI=1S/C23H25N3O3S/c1-18-21(23(27)24-16-17-26(2)19-10-5-3-6-11-19)14-9-15-22(18)25-30(28,29)20-12-7-4-8-13-20/h3-15,25H,16-17H2,1-2H3,(H,24,27). The van der Waals surface area contributed by atoms with Crippen molar-refractivity contribution in [2.75, 3.05) is 29.8 Å². The van der Waals surface area contributed by atoms with Crippen molar-refractivity contribution in [2.45, 2.75) is 11.8 Å². The van der Waals surface area contributed by atoms with Gasteiger partial charge in [0.2, 0.25) is 0 Å². The molecule has 30 heavy (non-hydrogen) atoms. The first-order valence-corrected chi connectivity index (χ1v) is 11.1. The normalized spacial score (nSPS) is 11.0. The summed E-state index contributed by atoms with van der Waals surface area (Å²) in [6.45, 7) is 2.84. The van der Waals surface area contributed by atoms with Crippen molar-refractivity contribution < 1.29 is 13.2 Å². The summed E-state index contributed by atoms with van der Waals surface area (Å²) in [6, 6.07) is 23.0. The van der Waals surface area contributed by atoms with Crippen LogP contribution in [0.2, 0.25) is 0 Å². The Morgan fingerprint density at radius 1 is 0.900 bits per heavy atom. The molecule has 0 saturated carbocycles. The largest absolute Gasteiger partial charge is 0.373 e. The van der Waals surface area contributed by atoms with Crippen LogP contribution >= 0.6 is 0 Å². The van der Waals surface area contributed by atoms with Crippen LogP contribution < -0.4 is 14.9 Å². The Bertz CT molecular complexity index is 1100. The number of nitrogens with zero attached hydrogens (tertiary/aromatic N) is 1. The highest BCUT2D eigenvalue weighted by Gasteiger charge is 2.17. The predicted molar refractivity (Wildman–Crippen MR) is 120 cm³/mol. The van der Waals surface area contributed by atoms with E-state index < -0.39 is 10.0 Å². The summed E-state index contributed by atoms with van der Waals surface area (Å²) >= 11 is 0. The van der Waals surface area contributed by atoms with Crippen molar-refractivity contribution in [2.24, 2.45) is 0 Å². The van der Waals surface area contributed by atoms with Crippen LogP contribution in [-0.4, -0.2) is 34.5 Å². The van der Waals surface area contributed by atoms with Gasteiger partial charge < -0.3 is 10.2 Å². The van der Waals surface area contributed by atoms with E-state index in [1.54, 1.807) is 43.3 Å². The second-order valence-electron chi connectivity index (χ2n) is 6.91. The van der Waals surface area contributed by atoms with Crippen molar-refractivity contribution in [3.05, 3.63) is 90.0 Å². The molecule has 0 saturated heterocycles. The first kappa shape index (κ1) is 21.4. The van der Waals surface area contributed by atoms with Gasteiger partial charge in [0.15, 0.2) is 0 Å². The van der Waals surface area contributed by atoms with Gasteiger partial charge in [-0.15, -0.1) is 0 Å². The summed E-state index contributed by atoms with van der Waals surface area (Å²) in [7, 11) is -1.76. The molecular formula is C23H25N3O3S. The molecule has 0 aliphatic heterocycles. The van der Waals surface area contributed by atoms with Crippen LogP contribution in [0.4, 0.5) is 11.4 Å². The van der Waals surface area contributed by atoms with E-state index in [1.807, 2.05) is 37.4 Å². The van der Waals surface area contributed by atoms with Crippen LogP contribution in [0, 0.1) is 6.92 Å². The second kappa shape index (κ2) is 9.45. The van der Waals surface area contributed by atoms with Crippen LogP contribution in [0.5, 0.6) is 0 Å². The molecule has 7 heteroatoms. The van der Waals surface area contributed by atoms with E-state index in [9.17, 15) is 13.2 Å². The van der Waals surface area contributed by atoms with E-state index >= 15 is 0 Å². The first-order valence-electron chi connectivity index (χ1n) is 9.60. The van der Waals surface area contributed by atoms with Gasteiger partial charge in [0.05, 0.1) is 10.6 Å². The molecular weight excluding hydrogens is 398 g/mol. The number of amides is 1. The summed E-state index contributed by atoms with van der Waals surface area (Å²) in [5.41, 5.74) is 2.46. The van der Waals surface area contributed by atoms with Crippen LogP contribution in [0.3, 0.4) is 0 Å². The number of benzene rings is 3. The summed E-state index contributed by atoms with van der Waals surface area (Å²) in [5, 5.41) is 2.90. The minimum Gasteiger partial charge on any atom is -0.373 e. The summed E-state index contributed by atoms with van der Waals surface area (Å²) in [5.74, 6) is -0.241. The fourth-order valence-corrected chi connectivity index (χ4v) is 4.18. The van der Waals surface area contributed by atoms with Crippen molar-refractivity contribution in [3.8, 4) is 0 Å². The van der Waals surface area contributed by atoms with E-state index in [0.717, 1.165) is 5.69 Å². The van der Waals surface area contributed by atoms with E-state index in [0.29, 0.717) is 29.9 Å². The molecule has 3 aromatic carbocycles. The molecule has 0 heterocycles. The van der Waals surface area contributed by atoms with Gasteiger partial charge >= 0.3 is 0 Å². The number of para-hydroxylation sites is 1. The maximum Gasteiger partial charge on any atom is 0.261 e. The monoisotopic (exact) mass is 423 g/mol. The molecule has 0 bridgehead atoms. The topological polar surface area (TPSA) is 78.5 Å². The molecule has 0 radical (unpaired) electrons. The van der Waals surface area contributed by atoms with Crippen LogP contribution in [0.25, 0.3) is 0 Å². The molecule has 6 nitrogen and oxygen atoms in total. The second-order valence-corrected chi connectivity index (χ2v) is 8.59. The Morgan fingerprint density at radius 2 is 1.53 bits per heavy atom. The number of sulfonamides is 1. The fourth-order valence-electron chi connectivity index (χ4n) is 3.04. The van der Waals surface area contributed by atoms with Crippen LogP contribution in [0.15, 0.2) is 83.8 Å². The van der Waals surface area contributed by atoms with Crippen LogP contribution in [0.1, 0.15) is 15.9 Å². The Morgan fingerprint density at radius 3 is 2.20 bits per heavy atom. The van der Waals surface area contributed by atoms with E-state index in [-0.39, 0.29) is 10.8 Å². The smallest absolute Gasteiger partial charge is 0.261 e. The average Bonchev–Trinajstić information content (AvgIpc) is 2.76. The lowest BCUT2D eigenvalue weighted by molar-refractivity contribution is 0.0954. The lowest BCUT2D eigenvalue weighted by Gasteiger charge is -2.19. The highest BCUT2D eigenvalue weighted by molar-refractivity contribution is 7.92. The molecule has 3 aromatic rings. The lowest BCUT2D eigenvalue weighted by Crippen LogP contribution is -2.33. The zero-order valence-electron chi connectivity index (χ0n) is 17.0. The number of hydrogen-bond donors (Lipinski definition) is 2. The number of anilines is 2. The molecule has 2 N–H and O–H groups in total. The molecule has 0 aliphatic carbocycles. The zero-order valence-corrected chi connectivity index (χ0v) is 17.8. The molecule has 156 valence electrons. The molecule has 0 atom stereocenters. The van der Waals surface area contributed by atoms with E-state index in [2.05, 4.69) is 14.9 Å². The maximum absolute atomic E-state index is 12.7. The Hall–Kier alpha value is -3.32. The number of nitrogens with one attached hydrogen (secondary N) is 2. The Labute approximate surface area is 177 Å². The van der Waals surface area contributed by atoms with Gasteiger partial charge in [0.1, 0.15) is 0 Å². The maximum atomic E-state index is 12.7. The number of carbonyl (C=O) groups is 1. The molecule has 3 rings (SSSR count). The van der Waals surface area contributed by atoms with E-state index in [1.165, 1.54) is 12.1 Å². The third-order valence-electron chi connectivity index (χ3n) is 4.81. The number of likely N-dealkylation sites (N-methyl/N-ethyl adjacent to an activating group) is 1. The number of rotatable bonds is 8. The highest BCUT2D eigenvalue weighted by Crippen LogP contribution is 2.22. The summed E-state index contributed by atoms with van der Waals surface area (Å²) in [4.78, 5) is 14.9. The van der Waals surface area contributed by atoms with Gasteiger partial charge in [0, 0.05) is 31.4 Å². The minimum atomic E-state index is -3.73. The molecule has 0 fully saturated rings. The molecule has 0 unspecified atom stereocenters. The fraction of sp³-hybridized carbons (Fsp3) is 0.174. The van der Waals surface area contributed by atoms with Gasteiger partial charge in [-0.3, -0.25) is 9.52 Å². The number of carbonyl (C=O) groups excluding carboxylic acids is 1. The van der Waals surface area contributed by atoms with Gasteiger partial charge in [-0.1, -0.05) is 42.5 Å². The first-order chi connectivity index (χ1) is 14.4.